The first kappa shape index (κ1) is 19.4. The van der Waals surface area contributed by atoms with Crippen LogP contribution in [0.5, 0.6) is 5.75 Å². The van der Waals surface area contributed by atoms with Gasteiger partial charge >= 0.3 is 0 Å². The number of carbonyl (C=O) groups excluding carboxylic acids is 1. The molecule has 1 saturated carbocycles. The number of sulfonamides is 1. The lowest BCUT2D eigenvalue weighted by Crippen LogP contribution is -2.25. The number of nitrogens with one attached hydrogen (secondary N) is 2. The number of ether oxygens (including phenoxy) is 1. The zero-order valence-electron chi connectivity index (χ0n) is 15.3. The molecule has 1 aliphatic rings. The molecule has 0 spiro atoms. The molecule has 1 fully saturated rings. The highest BCUT2D eigenvalue weighted by molar-refractivity contribution is 7.89. The first-order valence-electron chi connectivity index (χ1n) is 8.97. The van der Waals surface area contributed by atoms with Gasteiger partial charge in [-0.1, -0.05) is 24.3 Å². The molecule has 0 atom stereocenters. The molecule has 2 N–H and O–H groups in total. The summed E-state index contributed by atoms with van der Waals surface area (Å²) in [4.78, 5) is 12.3. The van der Waals surface area contributed by atoms with E-state index in [1.807, 2.05) is 24.3 Å². The molecule has 0 unspecified atom stereocenters. The first-order valence-corrected chi connectivity index (χ1v) is 10.5. The Balaban J connectivity index is 1.47. The van der Waals surface area contributed by atoms with Crippen LogP contribution in [0.1, 0.15) is 30.4 Å². The summed E-state index contributed by atoms with van der Waals surface area (Å²) in [5.74, 6) is 0.706. The molecule has 0 aliphatic heterocycles. The second-order valence-corrected chi connectivity index (χ2v) is 8.38. The maximum absolute atomic E-state index is 12.1. The van der Waals surface area contributed by atoms with Crippen LogP contribution in [0.25, 0.3) is 0 Å². The zero-order valence-corrected chi connectivity index (χ0v) is 16.1. The topological polar surface area (TPSA) is 84.5 Å². The summed E-state index contributed by atoms with van der Waals surface area (Å²) in [6.45, 7) is 0.444. The number of aryl methyl sites for hydroxylation is 1. The second kappa shape index (κ2) is 8.54. The van der Waals surface area contributed by atoms with E-state index in [9.17, 15) is 13.2 Å². The van der Waals surface area contributed by atoms with Crippen LogP contribution in [-0.2, 0) is 27.8 Å². The lowest BCUT2D eigenvalue weighted by molar-refractivity contribution is -0.121. The van der Waals surface area contributed by atoms with Crippen LogP contribution >= 0.6 is 0 Å². The van der Waals surface area contributed by atoms with Crippen LogP contribution in [0.4, 0.5) is 0 Å². The zero-order chi connectivity index (χ0) is 19.3. The van der Waals surface area contributed by atoms with Crippen LogP contribution in [-0.4, -0.2) is 27.5 Å². The molecule has 1 aliphatic carbocycles. The van der Waals surface area contributed by atoms with E-state index in [0.29, 0.717) is 19.4 Å². The van der Waals surface area contributed by atoms with Crippen molar-refractivity contribution in [2.75, 3.05) is 7.11 Å². The summed E-state index contributed by atoms with van der Waals surface area (Å²) in [6.07, 6.45) is 2.71. The minimum atomic E-state index is -3.43. The van der Waals surface area contributed by atoms with Crippen LogP contribution in [0.15, 0.2) is 53.4 Å². The molecule has 0 bridgehead atoms. The van der Waals surface area contributed by atoms with Gasteiger partial charge in [0.15, 0.2) is 0 Å². The molecule has 2 aromatic carbocycles. The lowest BCUT2D eigenvalue weighted by Gasteiger charge is -2.08. The predicted molar refractivity (Wildman–Crippen MR) is 103 cm³/mol. The molecule has 7 heteroatoms. The van der Waals surface area contributed by atoms with Crippen molar-refractivity contribution in [1.82, 2.24) is 10.0 Å². The molecule has 0 heterocycles. The third kappa shape index (κ3) is 5.80. The number of rotatable bonds is 9. The van der Waals surface area contributed by atoms with Gasteiger partial charge in [-0.25, -0.2) is 13.1 Å². The first-order chi connectivity index (χ1) is 13.0. The highest BCUT2D eigenvalue weighted by Crippen LogP contribution is 2.22. The minimum Gasteiger partial charge on any atom is -0.497 e. The Hall–Kier alpha value is -2.38. The Kier molecular flexibility index (Phi) is 6.13. The second-order valence-electron chi connectivity index (χ2n) is 6.67. The third-order valence-corrected chi connectivity index (χ3v) is 5.93. The Morgan fingerprint density at radius 3 is 2.52 bits per heavy atom. The van der Waals surface area contributed by atoms with Crippen molar-refractivity contribution in [2.24, 2.45) is 0 Å². The van der Waals surface area contributed by atoms with E-state index in [0.717, 1.165) is 29.7 Å². The van der Waals surface area contributed by atoms with E-state index >= 15 is 0 Å². The van der Waals surface area contributed by atoms with Gasteiger partial charge in [-0.05, 0) is 54.7 Å². The summed E-state index contributed by atoms with van der Waals surface area (Å²) in [7, 11) is -1.82. The molecule has 3 rings (SSSR count). The summed E-state index contributed by atoms with van der Waals surface area (Å²) in [5.41, 5.74) is 1.90. The number of methoxy groups -OCH3 is 1. The van der Waals surface area contributed by atoms with Gasteiger partial charge in [0.2, 0.25) is 15.9 Å². The smallest absolute Gasteiger partial charge is 0.240 e. The average Bonchev–Trinajstić information content (AvgIpc) is 3.48. The number of hydrogen-bond donors (Lipinski definition) is 2. The van der Waals surface area contributed by atoms with Crippen molar-refractivity contribution in [3.8, 4) is 5.75 Å². The van der Waals surface area contributed by atoms with E-state index in [2.05, 4.69) is 10.0 Å². The van der Waals surface area contributed by atoms with Gasteiger partial charge < -0.3 is 10.1 Å². The summed E-state index contributed by atoms with van der Waals surface area (Å²) < 4.78 is 32.1. The number of hydrogen-bond acceptors (Lipinski definition) is 4. The van der Waals surface area contributed by atoms with E-state index in [1.54, 1.807) is 31.4 Å². The number of amides is 1. The summed E-state index contributed by atoms with van der Waals surface area (Å²) in [5, 5.41) is 2.88. The average molecular weight is 388 g/mol. The Morgan fingerprint density at radius 1 is 1.11 bits per heavy atom. The molecular weight excluding hydrogens is 364 g/mol. The largest absolute Gasteiger partial charge is 0.497 e. The van der Waals surface area contributed by atoms with E-state index < -0.39 is 10.0 Å². The van der Waals surface area contributed by atoms with Crippen molar-refractivity contribution < 1.29 is 17.9 Å². The SMILES string of the molecule is COc1cccc(CNC(=O)CCc2ccc(S(=O)(=O)NC3CC3)cc2)c1. The Bertz CT molecular complexity index is 890. The van der Waals surface area contributed by atoms with Crippen molar-refractivity contribution in [2.45, 2.75) is 43.2 Å². The van der Waals surface area contributed by atoms with Gasteiger partial charge in [-0.2, -0.15) is 0 Å². The minimum absolute atomic E-state index is 0.0510. The molecule has 0 aromatic heterocycles. The van der Waals surface area contributed by atoms with Crippen LogP contribution in [0, 0.1) is 0 Å². The summed E-state index contributed by atoms with van der Waals surface area (Å²) >= 11 is 0. The van der Waals surface area contributed by atoms with E-state index in [4.69, 9.17) is 4.74 Å². The van der Waals surface area contributed by atoms with E-state index in [1.165, 1.54) is 0 Å². The highest BCUT2D eigenvalue weighted by atomic mass is 32.2. The maximum Gasteiger partial charge on any atom is 0.240 e. The number of benzene rings is 2. The lowest BCUT2D eigenvalue weighted by atomic mass is 10.1. The van der Waals surface area contributed by atoms with Gasteiger partial charge in [-0.15, -0.1) is 0 Å². The molecule has 1 amide bonds. The van der Waals surface area contributed by atoms with Gasteiger partial charge in [0.1, 0.15) is 5.75 Å². The normalized spacial score (nSPS) is 14.0. The number of carbonyl (C=O) groups is 1. The van der Waals surface area contributed by atoms with E-state index in [-0.39, 0.29) is 16.8 Å². The van der Waals surface area contributed by atoms with Crippen LogP contribution in [0.3, 0.4) is 0 Å². The molecule has 0 radical (unpaired) electrons. The molecule has 144 valence electrons. The fourth-order valence-electron chi connectivity index (χ4n) is 2.65. The van der Waals surface area contributed by atoms with Gasteiger partial charge in [-0.3, -0.25) is 4.79 Å². The van der Waals surface area contributed by atoms with Gasteiger partial charge in [0.25, 0.3) is 0 Å². The molecular formula is C20H24N2O4S. The Labute approximate surface area is 160 Å². The predicted octanol–water partition coefficient (Wildman–Crippen LogP) is 2.38. The fraction of sp³-hybridized carbons (Fsp3) is 0.350. The Morgan fingerprint density at radius 2 is 1.85 bits per heavy atom. The molecule has 6 nitrogen and oxygen atoms in total. The summed E-state index contributed by atoms with van der Waals surface area (Å²) in [6, 6.07) is 14.3. The highest BCUT2D eigenvalue weighted by Gasteiger charge is 2.27. The van der Waals surface area contributed by atoms with Crippen molar-refractivity contribution in [3.63, 3.8) is 0 Å². The molecule has 27 heavy (non-hydrogen) atoms. The standard InChI is InChI=1S/C20H24N2O4S/c1-26-18-4-2-3-16(13-18)14-21-20(23)12-7-15-5-10-19(11-6-15)27(24,25)22-17-8-9-17/h2-6,10-11,13,17,22H,7-9,12,14H2,1H3,(H,21,23). The molecule has 0 saturated heterocycles. The van der Waals surface area contributed by atoms with Crippen LogP contribution in [0.2, 0.25) is 0 Å². The molecule has 2 aromatic rings. The van der Waals surface area contributed by atoms with Crippen molar-refractivity contribution in [1.29, 1.82) is 0 Å². The van der Waals surface area contributed by atoms with Crippen LogP contribution < -0.4 is 14.8 Å². The quantitative estimate of drug-likeness (QED) is 0.691. The van der Waals surface area contributed by atoms with Crippen molar-refractivity contribution in [3.05, 3.63) is 59.7 Å². The fourth-order valence-corrected chi connectivity index (χ4v) is 3.96. The van der Waals surface area contributed by atoms with Crippen molar-refractivity contribution >= 4 is 15.9 Å². The third-order valence-electron chi connectivity index (χ3n) is 4.40. The monoisotopic (exact) mass is 388 g/mol. The van der Waals surface area contributed by atoms with Gasteiger partial charge in [0, 0.05) is 19.0 Å². The maximum atomic E-state index is 12.1. The van der Waals surface area contributed by atoms with Gasteiger partial charge in [0.05, 0.1) is 12.0 Å².